The molecule has 0 radical (unpaired) electrons. The Morgan fingerprint density at radius 1 is 1.18 bits per heavy atom. The first-order valence-electron chi connectivity index (χ1n) is 7.20. The van der Waals surface area contributed by atoms with Crippen molar-refractivity contribution in [1.29, 1.82) is 0 Å². The number of hydrogen-bond donors (Lipinski definition) is 1. The zero-order valence-electron chi connectivity index (χ0n) is 13.3. The Hall–Kier alpha value is -2.01. The average molecular weight is 319 g/mol. The molecular formula is C17H21NO3S. The Labute approximate surface area is 135 Å². The van der Waals surface area contributed by atoms with E-state index in [1.165, 1.54) is 16.2 Å². The van der Waals surface area contributed by atoms with Gasteiger partial charge in [-0.3, -0.25) is 4.79 Å². The van der Waals surface area contributed by atoms with Gasteiger partial charge < -0.3 is 14.8 Å². The molecule has 0 saturated heterocycles. The van der Waals surface area contributed by atoms with Gasteiger partial charge in [0.25, 0.3) is 5.91 Å². The van der Waals surface area contributed by atoms with E-state index in [-0.39, 0.29) is 11.9 Å². The second kappa shape index (κ2) is 7.31. The molecule has 2 rings (SSSR count). The fourth-order valence-corrected chi connectivity index (χ4v) is 3.01. The van der Waals surface area contributed by atoms with Gasteiger partial charge in [0.15, 0.2) is 11.5 Å². The minimum absolute atomic E-state index is 0.0491. The number of aryl methyl sites for hydroxylation is 1. The Bertz CT molecular complexity index is 651. The summed E-state index contributed by atoms with van der Waals surface area (Å²) in [5.74, 6) is 1.29. The third-order valence-corrected chi connectivity index (χ3v) is 4.72. The first kappa shape index (κ1) is 16.4. The molecule has 1 atom stereocenters. The zero-order valence-corrected chi connectivity index (χ0v) is 14.1. The minimum atomic E-state index is -0.112. The molecule has 1 unspecified atom stereocenters. The quantitative estimate of drug-likeness (QED) is 0.880. The molecule has 0 spiro atoms. The predicted octanol–water partition coefficient (Wildman–Crippen LogP) is 3.82. The van der Waals surface area contributed by atoms with E-state index in [0.717, 1.165) is 16.9 Å². The summed E-state index contributed by atoms with van der Waals surface area (Å²) in [6.07, 6.45) is 0.948. The molecule has 1 aromatic heterocycles. The molecule has 22 heavy (non-hydrogen) atoms. The predicted molar refractivity (Wildman–Crippen MR) is 89.1 cm³/mol. The third kappa shape index (κ3) is 3.60. The highest BCUT2D eigenvalue weighted by Crippen LogP contribution is 2.30. The standard InChI is InChI=1S/C17H21NO3S/c1-5-13-7-9-16(22-13)17(19)18-11(2)12-6-8-14(20-3)15(10-12)21-4/h6-11H,5H2,1-4H3,(H,18,19). The maximum absolute atomic E-state index is 12.3. The van der Waals surface area contributed by atoms with Crippen LogP contribution in [0.5, 0.6) is 11.5 Å². The monoisotopic (exact) mass is 319 g/mol. The van der Waals surface area contributed by atoms with E-state index < -0.39 is 0 Å². The van der Waals surface area contributed by atoms with Gasteiger partial charge >= 0.3 is 0 Å². The van der Waals surface area contributed by atoms with Crippen LogP contribution in [-0.2, 0) is 6.42 Å². The average Bonchev–Trinajstić information content (AvgIpc) is 3.03. The maximum atomic E-state index is 12.3. The second-order valence-electron chi connectivity index (χ2n) is 4.93. The summed E-state index contributed by atoms with van der Waals surface area (Å²) < 4.78 is 10.5. The molecule has 1 amide bonds. The molecule has 4 nitrogen and oxygen atoms in total. The van der Waals surface area contributed by atoms with Gasteiger partial charge in [0, 0.05) is 4.88 Å². The Morgan fingerprint density at radius 2 is 1.91 bits per heavy atom. The lowest BCUT2D eigenvalue weighted by molar-refractivity contribution is 0.0944. The number of benzene rings is 1. The van der Waals surface area contributed by atoms with Crippen LogP contribution in [0.2, 0.25) is 0 Å². The first-order chi connectivity index (χ1) is 10.6. The molecule has 0 bridgehead atoms. The molecule has 5 heteroatoms. The second-order valence-corrected chi connectivity index (χ2v) is 6.10. The molecule has 1 heterocycles. The van der Waals surface area contributed by atoms with Gasteiger partial charge in [0.05, 0.1) is 25.1 Å². The number of amides is 1. The van der Waals surface area contributed by atoms with Crippen LogP contribution in [0.25, 0.3) is 0 Å². The lowest BCUT2D eigenvalue weighted by atomic mass is 10.1. The van der Waals surface area contributed by atoms with Gasteiger partial charge in [0.1, 0.15) is 0 Å². The van der Waals surface area contributed by atoms with Gasteiger partial charge in [-0.15, -0.1) is 11.3 Å². The summed E-state index contributed by atoms with van der Waals surface area (Å²) >= 11 is 1.54. The molecule has 118 valence electrons. The summed E-state index contributed by atoms with van der Waals surface area (Å²) in [6, 6.07) is 9.42. The molecule has 0 aliphatic carbocycles. The van der Waals surface area contributed by atoms with E-state index >= 15 is 0 Å². The van der Waals surface area contributed by atoms with Crippen LogP contribution in [0.3, 0.4) is 0 Å². The molecular weight excluding hydrogens is 298 g/mol. The van der Waals surface area contributed by atoms with Crippen LogP contribution in [0.15, 0.2) is 30.3 Å². The fraction of sp³-hybridized carbons (Fsp3) is 0.353. The summed E-state index contributed by atoms with van der Waals surface area (Å²) in [5, 5.41) is 3.01. The van der Waals surface area contributed by atoms with Crippen molar-refractivity contribution in [1.82, 2.24) is 5.32 Å². The summed E-state index contributed by atoms with van der Waals surface area (Å²) in [4.78, 5) is 14.2. The highest BCUT2D eigenvalue weighted by atomic mass is 32.1. The van der Waals surface area contributed by atoms with Crippen molar-refractivity contribution in [3.05, 3.63) is 45.6 Å². The largest absolute Gasteiger partial charge is 0.493 e. The van der Waals surface area contributed by atoms with E-state index in [0.29, 0.717) is 11.5 Å². The lowest BCUT2D eigenvalue weighted by Crippen LogP contribution is -2.25. The fourth-order valence-electron chi connectivity index (χ4n) is 2.16. The number of hydrogen-bond acceptors (Lipinski definition) is 4. The van der Waals surface area contributed by atoms with Crippen molar-refractivity contribution in [2.75, 3.05) is 14.2 Å². The number of ether oxygens (including phenoxy) is 2. The van der Waals surface area contributed by atoms with E-state index in [1.54, 1.807) is 14.2 Å². The number of carbonyl (C=O) groups is 1. The number of methoxy groups -OCH3 is 2. The van der Waals surface area contributed by atoms with Crippen molar-refractivity contribution in [3.63, 3.8) is 0 Å². The van der Waals surface area contributed by atoms with Crippen LogP contribution >= 0.6 is 11.3 Å². The number of rotatable bonds is 6. The summed E-state index contributed by atoms with van der Waals surface area (Å²) in [7, 11) is 3.20. The van der Waals surface area contributed by atoms with Gasteiger partial charge in [-0.2, -0.15) is 0 Å². The number of carbonyl (C=O) groups excluding carboxylic acids is 1. The molecule has 0 aliphatic rings. The van der Waals surface area contributed by atoms with Gasteiger partial charge in [-0.1, -0.05) is 13.0 Å². The topological polar surface area (TPSA) is 47.6 Å². The Kier molecular flexibility index (Phi) is 5.44. The zero-order chi connectivity index (χ0) is 16.1. The Morgan fingerprint density at radius 3 is 2.50 bits per heavy atom. The van der Waals surface area contributed by atoms with Crippen molar-refractivity contribution < 1.29 is 14.3 Å². The number of nitrogens with one attached hydrogen (secondary N) is 1. The van der Waals surface area contributed by atoms with E-state index in [4.69, 9.17) is 9.47 Å². The van der Waals surface area contributed by atoms with Crippen molar-refractivity contribution >= 4 is 17.2 Å². The van der Waals surface area contributed by atoms with E-state index in [2.05, 4.69) is 12.2 Å². The summed E-state index contributed by atoms with van der Waals surface area (Å²) in [6.45, 7) is 4.03. The third-order valence-electron chi connectivity index (χ3n) is 3.49. The summed E-state index contributed by atoms with van der Waals surface area (Å²) in [5.41, 5.74) is 0.971. The highest BCUT2D eigenvalue weighted by Gasteiger charge is 2.15. The van der Waals surface area contributed by atoms with Crippen LogP contribution in [0.1, 0.15) is 40.0 Å². The van der Waals surface area contributed by atoms with E-state index in [9.17, 15) is 4.79 Å². The smallest absolute Gasteiger partial charge is 0.261 e. The van der Waals surface area contributed by atoms with Crippen LogP contribution in [-0.4, -0.2) is 20.1 Å². The van der Waals surface area contributed by atoms with Crippen LogP contribution < -0.4 is 14.8 Å². The van der Waals surface area contributed by atoms with Gasteiger partial charge in [-0.25, -0.2) is 0 Å². The molecule has 2 aromatic rings. The number of thiophene rings is 1. The normalized spacial score (nSPS) is 11.8. The molecule has 1 N–H and O–H groups in total. The van der Waals surface area contributed by atoms with Crippen LogP contribution in [0, 0.1) is 0 Å². The molecule has 0 saturated carbocycles. The van der Waals surface area contributed by atoms with Crippen molar-refractivity contribution in [3.8, 4) is 11.5 Å². The van der Waals surface area contributed by atoms with Gasteiger partial charge in [0.2, 0.25) is 0 Å². The molecule has 1 aromatic carbocycles. The highest BCUT2D eigenvalue weighted by molar-refractivity contribution is 7.14. The van der Waals surface area contributed by atoms with Crippen molar-refractivity contribution in [2.45, 2.75) is 26.3 Å². The van der Waals surface area contributed by atoms with Crippen LogP contribution in [0.4, 0.5) is 0 Å². The van der Waals surface area contributed by atoms with E-state index in [1.807, 2.05) is 37.3 Å². The first-order valence-corrected chi connectivity index (χ1v) is 8.02. The van der Waals surface area contributed by atoms with Gasteiger partial charge in [-0.05, 0) is 43.2 Å². The molecule has 0 fully saturated rings. The lowest BCUT2D eigenvalue weighted by Gasteiger charge is -2.16. The maximum Gasteiger partial charge on any atom is 0.261 e. The minimum Gasteiger partial charge on any atom is -0.493 e. The molecule has 0 aliphatic heterocycles. The van der Waals surface area contributed by atoms with Crippen molar-refractivity contribution in [2.24, 2.45) is 0 Å². The Balaban J connectivity index is 2.11. The SMILES string of the molecule is CCc1ccc(C(=O)NC(C)c2ccc(OC)c(OC)c2)s1.